The maximum absolute atomic E-state index is 13.2. The molecule has 3 rings (SSSR count). The molecule has 0 saturated carbocycles. The molecule has 1 fully saturated rings. The summed E-state index contributed by atoms with van der Waals surface area (Å²) < 4.78 is 18.4. The van der Waals surface area contributed by atoms with E-state index in [1.54, 1.807) is 6.07 Å². The summed E-state index contributed by atoms with van der Waals surface area (Å²) in [7, 11) is 0. The van der Waals surface area contributed by atoms with Crippen LogP contribution in [0.4, 0.5) is 4.39 Å². The zero-order chi connectivity index (χ0) is 11.0. The van der Waals surface area contributed by atoms with Crippen molar-refractivity contribution < 1.29 is 8.91 Å². The lowest BCUT2D eigenvalue weighted by Gasteiger charge is -2.20. The summed E-state index contributed by atoms with van der Waals surface area (Å²) in [5, 5.41) is 8.22. The molecule has 0 bridgehead atoms. The molecule has 0 radical (unpaired) electrons. The second kappa shape index (κ2) is 5.02. The van der Waals surface area contributed by atoms with Gasteiger partial charge in [-0.1, -0.05) is 5.16 Å². The van der Waals surface area contributed by atoms with Crippen LogP contribution in [-0.2, 0) is 0 Å². The Labute approximate surface area is 105 Å². The van der Waals surface area contributed by atoms with Crippen LogP contribution in [0.3, 0.4) is 0 Å². The number of nitrogens with one attached hydrogen (secondary N) is 1. The molecular weight excluding hydrogens is 243 g/mol. The molecule has 2 heterocycles. The van der Waals surface area contributed by atoms with Crippen molar-refractivity contribution in [3.63, 3.8) is 0 Å². The molecule has 0 spiro atoms. The Morgan fingerprint density at radius 2 is 2.06 bits per heavy atom. The van der Waals surface area contributed by atoms with E-state index in [0.717, 1.165) is 37.0 Å². The van der Waals surface area contributed by atoms with Crippen LogP contribution in [0.2, 0.25) is 0 Å². The molecule has 3 nitrogen and oxygen atoms in total. The van der Waals surface area contributed by atoms with Crippen LogP contribution in [0.5, 0.6) is 0 Å². The molecule has 0 amide bonds. The van der Waals surface area contributed by atoms with E-state index >= 15 is 0 Å². The van der Waals surface area contributed by atoms with E-state index in [4.69, 9.17) is 4.52 Å². The molecule has 17 heavy (non-hydrogen) atoms. The molecular formula is C12H14ClFN2O. The summed E-state index contributed by atoms with van der Waals surface area (Å²) in [5.74, 6) is 0.162. The molecule has 0 aliphatic carbocycles. The highest BCUT2D eigenvalue weighted by molar-refractivity contribution is 5.85. The number of benzene rings is 1. The lowest BCUT2D eigenvalue weighted by atomic mass is 9.93. The van der Waals surface area contributed by atoms with Gasteiger partial charge in [-0.3, -0.25) is 0 Å². The molecule has 1 aromatic heterocycles. The fourth-order valence-electron chi connectivity index (χ4n) is 2.32. The molecule has 1 saturated heterocycles. The standard InChI is InChI=1S/C12H13FN2O.ClH/c13-9-1-2-11-10(7-9)12(15-16-11)8-3-5-14-6-4-8;/h1-2,7-8,14H,3-6H2;1H. The first kappa shape index (κ1) is 12.3. The Bertz CT molecular complexity index is 508. The van der Waals surface area contributed by atoms with E-state index in [9.17, 15) is 4.39 Å². The third-order valence-corrected chi connectivity index (χ3v) is 3.19. The van der Waals surface area contributed by atoms with Crippen molar-refractivity contribution in [2.45, 2.75) is 18.8 Å². The van der Waals surface area contributed by atoms with Gasteiger partial charge in [-0.15, -0.1) is 12.4 Å². The fraction of sp³-hybridized carbons (Fsp3) is 0.417. The highest BCUT2D eigenvalue weighted by Crippen LogP contribution is 2.30. The number of halogens is 2. The van der Waals surface area contributed by atoms with Crippen LogP contribution < -0.4 is 5.32 Å². The van der Waals surface area contributed by atoms with Crippen molar-refractivity contribution in [3.8, 4) is 0 Å². The number of aromatic nitrogens is 1. The average Bonchev–Trinajstić information content (AvgIpc) is 2.73. The van der Waals surface area contributed by atoms with Crippen LogP contribution in [0.25, 0.3) is 11.0 Å². The maximum atomic E-state index is 13.2. The molecule has 5 heteroatoms. The molecule has 92 valence electrons. The Hall–Kier alpha value is -1.13. The van der Waals surface area contributed by atoms with Crippen molar-refractivity contribution in [2.24, 2.45) is 0 Å². The van der Waals surface area contributed by atoms with E-state index in [1.165, 1.54) is 12.1 Å². The number of hydrogen-bond acceptors (Lipinski definition) is 3. The van der Waals surface area contributed by atoms with Crippen LogP contribution in [0.1, 0.15) is 24.5 Å². The van der Waals surface area contributed by atoms with Gasteiger partial charge in [-0.05, 0) is 44.1 Å². The molecule has 1 aliphatic rings. The number of hydrogen-bond donors (Lipinski definition) is 1. The third kappa shape index (κ3) is 2.28. The first-order chi connectivity index (χ1) is 7.84. The first-order valence-corrected chi connectivity index (χ1v) is 5.60. The lowest BCUT2D eigenvalue weighted by Crippen LogP contribution is -2.26. The minimum Gasteiger partial charge on any atom is -0.356 e. The van der Waals surface area contributed by atoms with Crippen LogP contribution in [0.15, 0.2) is 22.7 Å². The van der Waals surface area contributed by atoms with Gasteiger partial charge in [-0.25, -0.2) is 4.39 Å². The zero-order valence-corrected chi connectivity index (χ0v) is 10.1. The van der Waals surface area contributed by atoms with Gasteiger partial charge < -0.3 is 9.84 Å². The Morgan fingerprint density at radius 3 is 2.82 bits per heavy atom. The van der Waals surface area contributed by atoms with Gasteiger partial charge in [0.2, 0.25) is 0 Å². The summed E-state index contributed by atoms with van der Waals surface area (Å²) in [6.07, 6.45) is 2.08. The largest absolute Gasteiger partial charge is 0.356 e. The van der Waals surface area contributed by atoms with Crippen molar-refractivity contribution in [1.29, 1.82) is 0 Å². The number of fused-ring (bicyclic) bond motifs is 1. The van der Waals surface area contributed by atoms with Crippen molar-refractivity contribution >= 4 is 23.4 Å². The number of nitrogens with zero attached hydrogens (tertiary/aromatic N) is 1. The number of piperidine rings is 1. The van der Waals surface area contributed by atoms with Crippen LogP contribution >= 0.6 is 12.4 Å². The molecule has 0 unspecified atom stereocenters. The molecule has 0 atom stereocenters. The predicted molar refractivity (Wildman–Crippen MR) is 66.1 cm³/mol. The first-order valence-electron chi connectivity index (χ1n) is 5.60. The molecule has 1 N–H and O–H groups in total. The minimum atomic E-state index is -0.231. The summed E-state index contributed by atoms with van der Waals surface area (Å²) in [5.41, 5.74) is 1.59. The Kier molecular flexibility index (Phi) is 3.64. The van der Waals surface area contributed by atoms with Gasteiger partial charge in [0, 0.05) is 11.3 Å². The van der Waals surface area contributed by atoms with Gasteiger partial charge in [0.1, 0.15) is 5.82 Å². The van der Waals surface area contributed by atoms with Gasteiger partial charge in [0.05, 0.1) is 5.69 Å². The van der Waals surface area contributed by atoms with Gasteiger partial charge in [-0.2, -0.15) is 0 Å². The van der Waals surface area contributed by atoms with Crippen molar-refractivity contribution in [2.75, 3.05) is 13.1 Å². The maximum Gasteiger partial charge on any atom is 0.167 e. The minimum absolute atomic E-state index is 0. The summed E-state index contributed by atoms with van der Waals surface area (Å²) in [6, 6.07) is 4.56. The molecule has 1 aliphatic heterocycles. The van der Waals surface area contributed by atoms with Gasteiger partial charge in [0.25, 0.3) is 0 Å². The highest BCUT2D eigenvalue weighted by Gasteiger charge is 2.21. The fourth-order valence-corrected chi connectivity index (χ4v) is 2.32. The molecule has 1 aromatic carbocycles. The lowest BCUT2D eigenvalue weighted by molar-refractivity contribution is 0.404. The van der Waals surface area contributed by atoms with Crippen molar-refractivity contribution in [1.82, 2.24) is 10.5 Å². The van der Waals surface area contributed by atoms with Crippen molar-refractivity contribution in [3.05, 3.63) is 29.7 Å². The summed E-state index contributed by atoms with van der Waals surface area (Å²) in [4.78, 5) is 0. The zero-order valence-electron chi connectivity index (χ0n) is 9.28. The second-order valence-corrected chi connectivity index (χ2v) is 4.23. The number of rotatable bonds is 1. The Morgan fingerprint density at radius 1 is 1.29 bits per heavy atom. The van der Waals surface area contributed by atoms with E-state index in [2.05, 4.69) is 10.5 Å². The monoisotopic (exact) mass is 256 g/mol. The normalized spacial score (nSPS) is 17.0. The van der Waals surface area contributed by atoms with Gasteiger partial charge in [0.15, 0.2) is 5.58 Å². The van der Waals surface area contributed by atoms with Gasteiger partial charge >= 0.3 is 0 Å². The van der Waals surface area contributed by atoms with E-state index in [-0.39, 0.29) is 18.2 Å². The predicted octanol–water partition coefficient (Wildman–Crippen LogP) is 2.86. The SMILES string of the molecule is Cl.Fc1ccc2onc(C3CCNCC3)c2c1. The summed E-state index contributed by atoms with van der Waals surface area (Å²) >= 11 is 0. The van der Waals surface area contributed by atoms with E-state index < -0.39 is 0 Å². The summed E-state index contributed by atoms with van der Waals surface area (Å²) in [6.45, 7) is 1.99. The highest BCUT2D eigenvalue weighted by atomic mass is 35.5. The van der Waals surface area contributed by atoms with E-state index in [1.807, 2.05) is 0 Å². The average molecular weight is 257 g/mol. The third-order valence-electron chi connectivity index (χ3n) is 3.19. The van der Waals surface area contributed by atoms with Crippen LogP contribution in [-0.4, -0.2) is 18.2 Å². The molecule has 2 aromatic rings. The topological polar surface area (TPSA) is 38.1 Å². The van der Waals surface area contributed by atoms with E-state index in [0.29, 0.717) is 11.5 Å². The second-order valence-electron chi connectivity index (χ2n) is 4.23. The smallest absolute Gasteiger partial charge is 0.167 e. The Balaban J connectivity index is 0.00000108. The van der Waals surface area contributed by atoms with Crippen LogP contribution in [0, 0.1) is 5.82 Å². The quantitative estimate of drug-likeness (QED) is 0.853.